The number of halogens is 2. The zero-order valence-corrected chi connectivity index (χ0v) is 21.0. The first-order valence-electron chi connectivity index (χ1n) is 11.3. The quantitative estimate of drug-likeness (QED) is 0.391. The molecule has 4 rings (SSSR count). The molecule has 36 heavy (non-hydrogen) atoms. The summed E-state index contributed by atoms with van der Waals surface area (Å²) in [6.07, 6.45) is 0.137. The molecule has 3 aromatic carbocycles. The monoisotopic (exact) mass is 554 g/mol. The van der Waals surface area contributed by atoms with Gasteiger partial charge in [-0.1, -0.05) is 46.3 Å². The van der Waals surface area contributed by atoms with Gasteiger partial charge in [0.2, 0.25) is 5.91 Å². The molecule has 186 valence electrons. The summed E-state index contributed by atoms with van der Waals surface area (Å²) < 4.78 is 15.2. The van der Waals surface area contributed by atoms with E-state index in [9.17, 15) is 29.0 Å². The van der Waals surface area contributed by atoms with Crippen LogP contribution in [-0.4, -0.2) is 45.0 Å². The van der Waals surface area contributed by atoms with Gasteiger partial charge in [-0.05, 0) is 59.5 Å². The number of aliphatic hydroxyl groups excluding tert-OH is 1. The molecule has 0 aromatic heterocycles. The molecule has 0 radical (unpaired) electrons. The fourth-order valence-corrected chi connectivity index (χ4v) is 4.62. The highest BCUT2D eigenvalue weighted by Crippen LogP contribution is 2.30. The van der Waals surface area contributed by atoms with Crippen molar-refractivity contribution in [2.45, 2.75) is 38.6 Å². The Bertz CT molecular complexity index is 1330. The Hall–Kier alpha value is -3.56. The van der Waals surface area contributed by atoms with Crippen molar-refractivity contribution >= 4 is 33.7 Å². The Balaban J connectivity index is 1.62. The standard InChI is InChI=1S/C27H24BrFN2O5/c1-15(27(35)36)30-25(33)24(31-13-19-12-20(28)7-8-21(19)26(31)34)11-16-2-5-18(6-3-16)22-10-17(14-32)4-9-23(22)29/h2-10,12,15,24,32H,11,13-14H2,1H3,(H,30,33)(H,35,36)/t15-,24-/m0/s1. The molecule has 2 atom stereocenters. The number of hydrogen-bond acceptors (Lipinski definition) is 4. The van der Waals surface area contributed by atoms with Gasteiger partial charge in [-0.3, -0.25) is 14.4 Å². The zero-order valence-electron chi connectivity index (χ0n) is 19.4. The van der Waals surface area contributed by atoms with E-state index < -0.39 is 29.8 Å². The number of benzene rings is 3. The van der Waals surface area contributed by atoms with E-state index in [2.05, 4.69) is 21.2 Å². The molecule has 1 aliphatic heterocycles. The number of fused-ring (bicyclic) bond motifs is 1. The van der Waals surface area contributed by atoms with Crippen molar-refractivity contribution < 1.29 is 29.0 Å². The summed E-state index contributed by atoms with van der Waals surface area (Å²) in [6.45, 7) is 1.36. The molecule has 3 N–H and O–H groups in total. The number of carbonyl (C=O) groups excluding carboxylic acids is 2. The fourth-order valence-electron chi connectivity index (χ4n) is 4.21. The zero-order chi connectivity index (χ0) is 26.0. The van der Waals surface area contributed by atoms with Crippen molar-refractivity contribution in [3.8, 4) is 11.1 Å². The average Bonchev–Trinajstić information content (AvgIpc) is 3.18. The van der Waals surface area contributed by atoms with Crippen LogP contribution in [-0.2, 0) is 29.2 Å². The van der Waals surface area contributed by atoms with Crippen LogP contribution in [0.3, 0.4) is 0 Å². The van der Waals surface area contributed by atoms with Crippen LogP contribution in [0.4, 0.5) is 4.39 Å². The van der Waals surface area contributed by atoms with Crippen LogP contribution in [0.25, 0.3) is 11.1 Å². The summed E-state index contributed by atoms with van der Waals surface area (Å²) in [4.78, 5) is 39.1. The van der Waals surface area contributed by atoms with Gasteiger partial charge < -0.3 is 20.4 Å². The first-order valence-corrected chi connectivity index (χ1v) is 12.1. The van der Waals surface area contributed by atoms with Crippen LogP contribution < -0.4 is 5.32 Å². The lowest BCUT2D eigenvalue weighted by Crippen LogP contribution is -2.51. The molecule has 0 saturated heterocycles. The number of aliphatic hydroxyl groups is 1. The van der Waals surface area contributed by atoms with E-state index in [0.717, 1.165) is 10.0 Å². The summed E-state index contributed by atoms with van der Waals surface area (Å²) in [5.74, 6) is -2.49. The molecule has 1 aliphatic rings. The predicted molar refractivity (Wildman–Crippen MR) is 135 cm³/mol. The number of carboxylic acids is 1. The van der Waals surface area contributed by atoms with Crippen LogP contribution in [0.5, 0.6) is 0 Å². The topological polar surface area (TPSA) is 107 Å². The van der Waals surface area contributed by atoms with Gasteiger partial charge in [0.25, 0.3) is 5.91 Å². The van der Waals surface area contributed by atoms with Gasteiger partial charge in [-0.15, -0.1) is 0 Å². The number of hydrogen-bond donors (Lipinski definition) is 3. The van der Waals surface area contributed by atoms with Crippen LogP contribution >= 0.6 is 15.9 Å². The first kappa shape index (κ1) is 25.5. The minimum Gasteiger partial charge on any atom is -0.480 e. The number of aliphatic carboxylic acids is 1. The second kappa shape index (κ2) is 10.6. The predicted octanol–water partition coefficient (Wildman–Crippen LogP) is 3.90. The molecule has 0 spiro atoms. The van der Waals surface area contributed by atoms with Crippen molar-refractivity contribution in [3.63, 3.8) is 0 Å². The maximum absolute atomic E-state index is 14.4. The highest BCUT2D eigenvalue weighted by Gasteiger charge is 2.37. The normalized spacial score (nSPS) is 14.3. The number of carboxylic acid groups (broad SMARTS) is 1. The van der Waals surface area contributed by atoms with E-state index in [0.29, 0.717) is 27.8 Å². The Morgan fingerprint density at radius 1 is 1.06 bits per heavy atom. The molecule has 0 aliphatic carbocycles. The second-order valence-electron chi connectivity index (χ2n) is 8.69. The van der Waals surface area contributed by atoms with Gasteiger partial charge in [-0.2, -0.15) is 0 Å². The third-order valence-electron chi connectivity index (χ3n) is 6.21. The van der Waals surface area contributed by atoms with Crippen molar-refractivity contribution in [3.05, 3.63) is 93.2 Å². The third-order valence-corrected chi connectivity index (χ3v) is 6.71. The largest absolute Gasteiger partial charge is 0.480 e. The molecule has 1 heterocycles. The molecule has 0 fully saturated rings. The molecular formula is C27H24BrFN2O5. The SMILES string of the molecule is C[C@H](NC(=O)[C@H](Cc1ccc(-c2cc(CO)ccc2F)cc1)N1Cc2cc(Br)ccc2C1=O)C(=O)O. The summed E-state index contributed by atoms with van der Waals surface area (Å²) >= 11 is 3.40. The van der Waals surface area contributed by atoms with E-state index in [-0.39, 0.29) is 25.5 Å². The Labute approximate surface area is 215 Å². The summed E-state index contributed by atoms with van der Waals surface area (Å²) in [5.41, 5.74) is 3.50. The van der Waals surface area contributed by atoms with Gasteiger partial charge in [0.1, 0.15) is 17.9 Å². The molecule has 0 unspecified atom stereocenters. The summed E-state index contributed by atoms with van der Waals surface area (Å²) in [7, 11) is 0. The van der Waals surface area contributed by atoms with E-state index in [1.54, 1.807) is 42.5 Å². The smallest absolute Gasteiger partial charge is 0.325 e. The number of rotatable bonds is 8. The lowest BCUT2D eigenvalue weighted by molar-refractivity contribution is -0.142. The molecule has 3 aromatic rings. The minimum atomic E-state index is -1.18. The maximum atomic E-state index is 14.4. The van der Waals surface area contributed by atoms with Gasteiger partial charge in [0, 0.05) is 28.6 Å². The second-order valence-corrected chi connectivity index (χ2v) is 9.61. The van der Waals surface area contributed by atoms with Crippen LogP contribution in [0.15, 0.2) is 65.1 Å². The average molecular weight is 555 g/mol. The molecule has 9 heteroatoms. The molecule has 7 nitrogen and oxygen atoms in total. The number of nitrogens with zero attached hydrogens (tertiary/aromatic N) is 1. The van der Waals surface area contributed by atoms with Crippen molar-refractivity contribution in [1.82, 2.24) is 10.2 Å². The van der Waals surface area contributed by atoms with E-state index in [4.69, 9.17) is 0 Å². The van der Waals surface area contributed by atoms with Crippen LogP contribution in [0.2, 0.25) is 0 Å². The molecule has 0 saturated carbocycles. The first-order chi connectivity index (χ1) is 17.2. The van der Waals surface area contributed by atoms with Crippen molar-refractivity contribution in [1.29, 1.82) is 0 Å². The van der Waals surface area contributed by atoms with E-state index in [1.165, 1.54) is 24.0 Å². The molecule has 0 bridgehead atoms. The third kappa shape index (κ3) is 5.32. The maximum Gasteiger partial charge on any atom is 0.325 e. The lowest BCUT2D eigenvalue weighted by atomic mass is 9.98. The van der Waals surface area contributed by atoms with Gasteiger partial charge in [0.05, 0.1) is 6.61 Å². The summed E-state index contributed by atoms with van der Waals surface area (Å²) in [5, 5.41) is 21.1. The molecule has 2 amide bonds. The Morgan fingerprint density at radius 3 is 2.42 bits per heavy atom. The van der Waals surface area contributed by atoms with Gasteiger partial charge in [-0.25, -0.2) is 4.39 Å². The van der Waals surface area contributed by atoms with Gasteiger partial charge >= 0.3 is 5.97 Å². The van der Waals surface area contributed by atoms with Crippen LogP contribution in [0.1, 0.15) is 34.0 Å². The van der Waals surface area contributed by atoms with Gasteiger partial charge in [0.15, 0.2) is 0 Å². The van der Waals surface area contributed by atoms with Crippen LogP contribution in [0, 0.1) is 5.82 Å². The van der Waals surface area contributed by atoms with E-state index >= 15 is 0 Å². The minimum absolute atomic E-state index is 0.137. The lowest BCUT2D eigenvalue weighted by Gasteiger charge is -2.28. The fraction of sp³-hybridized carbons (Fsp3) is 0.222. The Kier molecular flexibility index (Phi) is 7.51. The van der Waals surface area contributed by atoms with Crippen molar-refractivity contribution in [2.75, 3.05) is 0 Å². The summed E-state index contributed by atoms with van der Waals surface area (Å²) in [6, 6.07) is 14.5. The highest BCUT2D eigenvalue weighted by atomic mass is 79.9. The molecular weight excluding hydrogens is 531 g/mol. The number of nitrogens with one attached hydrogen (secondary N) is 1. The van der Waals surface area contributed by atoms with E-state index in [1.807, 2.05) is 6.07 Å². The number of amides is 2. The Morgan fingerprint density at radius 2 is 1.75 bits per heavy atom. The highest BCUT2D eigenvalue weighted by molar-refractivity contribution is 9.10. The number of carbonyl (C=O) groups is 3. The van der Waals surface area contributed by atoms with Crippen molar-refractivity contribution in [2.24, 2.45) is 0 Å².